The summed E-state index contributed by atoms with van der Waals surface area (Å²) in [6, 6.07) is 0. The molecule has 2 rings (SSSR count). The molecule has 0 saturated carbocycles. The fourth-order valence-corrected chi connectivity index (χ4v) is 3.27. The number of aliphatic hydroxyl groups is 4. The third-order valence-electron chi connectivity index (χ3n) is 4.31. The number of rotatable bonds is 4. The van der Waals surface area contributed by atoms with E-state index in [4.69, 9.17) is 4.74 Å². The topological polar surface area (TPSA) is 93.4 Å². The predicted molar refractivity (Wildman–Crippen MR) is 72.9 cm³/mol. The summed E-state index contributed by atoms with van der Waals surface area (Å²) in [5, 5.41) is 39.4. The van der Waals surface area contributed by atoms with Gasteiger partial charge in [-0.05, 0) is 31.2 Å². The maximum absolute atomic E-state index is 10.4. The third-order valence-corrected chi connectivity index (χ3v) is 4.31. The SMILES string of the molecule is CC(C)C[C@H]1CCN(CC2(O)OCC(O)C(O)C2O)C1. The van der Waals surface area contributed by atoms with Crippen molar-refractivity contribution >= 4 is 0 Å². The summed E-state index contributed by atoms with van der Waals surface area (Å²) in [4.78, 5) is 2.06. The Morgan fingerprint density at radius 3 is 2.65 bits per heavy atom. The van der Waals surface area contributed by atoms with Gasteiger partial charge in [-0.25, -0.2) is 0 Å². The molecule has 5 atom stereocenters. The summed E-state index contributed by atoms with van der Waals surface area (Å²) in [6.45, 7) is 6.11. The lowest BCUT2D eigenvalue weighted by atomic mass is 9.96. The molecule has 2 aliphatic rings. The van der Waals surface area contributed by atoms with E-state index >= 15 is 0 Å². The molecular weight excluding hydrogens is 262 g/mol. The van der Waals surface area contributed by atoms with Gasteiger partial charge in [-0.1, -0.05) is 13.8 Å². The van der Waals surface area contributed by atoms with Crippen molar-refractivity contribution in [3.8, 4) is 0 Å². The van der Waals surface area contributed by atoms with Crippen molar-refractivity contribution in [3.63, 3.8) is 0 Å². The first-order chi connectivity index (χ1) is 9.32. The largest absolute Gasteiger partial charge is 0.388 e. The second kappa shape index (κ2) is 6.25. The molecule has 2 heterocycles. The molecule has 0 amide bonds. The van der Waals surface area contributed by atoms with Gasteiger partial charge < -0.3 is 25.2 Å². The van der Waals surface area contributed by atoms with E-state index in [0.29, 0.717) is 11.8 Å². The normalized spacial score (nSPS) is 43.4. The van der Waals surface area contributed by atoms with E-state index in [9.17, 15) is 20.4 Å². The monoisotopic (exact) mass is 289 g/mol. The maximum Gasteiger partial charge on any atom is 0.207 e. The fraction of sp³-hybridized carbons (Fsp3) is 1.00. The zero-order valence-electron chi connectivity index (χ0n) is 12.3. The van der Waals surface area contributed by atoms with Crippen LogP contribution in [0, 0.1) is 11.8 Å². The van der Waals surface area contributed by atoms with Crippen LogP contribution in [0.25, 0.3) is 0 Å². The number of nitrogens with zero attached hydrogens (tertiary/aromatic N) is 1. The van der Waals surface area contributed by atoms with E-state index in [1.54, 1.807) is 0 Å². The van der Waals surface area contributed by atoms with Crippen LogP contribution in [0.2, 0.25) is 0 Å². The molecule has 118 valence electrons. The summed E-state index contributed by atoms with van der Waals surface area (Å²) in [7, 11) is 0. The van der Waals surface area contributed by atoms with Gasteiger partial charge in [-0.2, -0.15) is 0 Å². The molecule has 0 aromatic carbocycles. The molecular formula is C14H27NO5. The van der Waals surface area contributed by atoms with Crippen LogP contribution >= 0.6 is 0 Å². The molecule has 0 spiro atoms. The number of ether oxygens (including phenoxy) is 1. The van der Waals surface area contributed by atoms with E-state index in [1.165, 1.54) is 0 Å². The predicted octanol–water partition coefficient (Wildman–Crippen LogP) is -0.844. The molecule has 4 N–H and O–H groups in total. The van der Waals surface area contributed by atoms with Crippen molar-refractivity contribution in [2.45, 2.75) is 50.8 Å². The summed E-state index contributed by atoms with van der Waals surface area (Å²) in [5.74, 6) is -0.544. The summed E-state index contributed by atoms with van der Waals surface area (Å²) >= 11 is 0. The van der Waals surface area contributed by atoms with Crippen LogP contribution in [0.5, 0.6) is 0 Å². The second-order valence-electron chi connectivity index (χ2n) is 6.68. The van der Waals surface area contributed by atoms with Crippen molar-refractivity contribution in [2.24, 2.45) is 11.8 Å². The van der Waals surface area contributed by atoms with Gasteiger partial charge in [0.25, 0.3) is 0 Å². The Hall–Kier alpha value is -0.240. The molecule has 0 aliphatic carbocycles. The first kappa shape index (κ1) is 16.1. The summed E-state index contributed by atoms with van der Waals surface area (Å²) < 4.78 is 5.19. The Labute approximate surface area is 120 Å². The van der Waals surface area contributed by atoms with Crippen LogP contribution in [-0.4, -0.2) is 75.7 Å². The zero-order valence-corrected chi connectivity index (χ0v) is 12.3. The van der Waals surface area contributed by atoms with Crippen LogP contribution in [0.4, 0.5) is 0 Å². The molecule has 0 aromatic rings. The maximum atomic E-state index is 10.4. The Morgan fingerprint density at radius 2 is 2.00 bits per heavy atom. The number of likely N-dealkylation sites (tertiary alicyclic amines) is 1. The molecule has 2 fully saturated rings. The van der Waals surface area contributed by atoms with E-state index in [-0.39, 0.29) is 13.2 Å². The highest BCUT2D eigenvalue weighted by molar-refractivity contribution is 4.94. The van der Waals surface area contributed by atoms with E-state index < -0.39 is 24.1 Å². The lowest BCUT2D eigenvalue weighted by Gasteiger charge is -2.43. The van der Waals surface area contributed by atoms with Gasteiger partial charge in [0.05, 0.1) is 13.2 Å². The fourth-order valence-electron chi connectivity index (χ4n) is 3.27. The quantitative estimate of drug-likeness (QED) is 0.539. The van der Waals surface area contributed by atoms with Crippen LogP contribution in [0.3, 0.4) is 0 Å². The number of hydrogen-bond donors (Lipinski definition) is 4. The molecule has 0 bridgehead atoms. The molecule has 0 radical (unpaired) electrons. The van der Waals surface area contributed by atoms with Gasteiger partial charge in [0.15, 0.2) is 0 Å². The Morgan fingerprint density at radius 1 is 1.30 bits per heavy atom. The van der Waals surface area contributed by atoms with Crippen molar-refractivity contribution in [1.82, 2.24) is 4.90 Å². The minimum absolute atomic E-state index is 0.159. The van der Waals surface area contributed by atoms with Crippen molar-refractivity contribution in [2.75, 3.05) is 26.2 Å². The first-order valence-electron chi connectivity index (χ1n) is 7.44. The number of hydrogen-bond acceptors (Lipinski definition) is 6. The van der Waals surface area contributed by atoms with Crippen LogP contribution in [0.1, 0.15) is 26.7 Å². The number of aliphatic hydroxyl groups excluding tert-OH is 3. The van der Waals surface area contributed by atoms with Gasteiger partial charge in [-0.3, -0.25) is 4.90 Å². The minimum Gasteiger partial charge on any atom is -0.388 e. The van der Waals surface area contributed by atoms with Crippen LogP contribution in [-0.2, 0) is 4.74 Å². The van der Waals surface area contributed by atoms with Gasteiger partial charge in [0.2, 0.25) is 5.79 Å². The third kappa shape index (κ3) is 3.50. The highest BCUT2D eigenvalue weighted by Crippen LogP contribution is 2.29. The average Bonchev–Trinajstić information content (AvgIpc) is 2.78. The van der Waals surface area contributed by atoms with Crippen LogP contribution < -0.4 is 0 Å². The molecule has 0 aromatic heterocycles. The summed E-state index contributed by atoms with van der Waals surface area (Å²) in [6.07, 6.45) is -1.79. The second-order valence-corrected chi connectivity index (χ2v) is 6.68. The molecule has 2 aliphatic heterocycles. The molecule has 6 nitrogen and oxygen atoms in total. The Kier molecular flexibility index (Phi) is 5.05. The molecule has 20 heavy (non-hydrogen) atoms. The average molecular weight is 289 g/mol. The van der Waals surface area contributed by atoms with Crippen molar-refractivity contribution < 1.29 is 25.2 Å². The first-order valence-corrected chi connectivity index (χ1v) is 7.44. The standard InChI is InChI=1S/C14H27NO5/c1-9(2)5-10-3-4-15(6-10)8-14(19)13(18)12(17)11(16)7-20-14/h9-13,16-19H,3-8H2,1-2H3/t10-,11?,12?,13?,14?/m1/s1. The molecule has 6 heteroatoms. The Balaban J connectivity index is 1.90. The molecule has 4 unspecified atom stereocenters. The van der Waals surface area contributed by atoms with Crippen molar-refractivity contribution in [1.29, 1.82) is 0 Å². The van der Waals surface area contributed by atoms with Gasteiger partial charge >= 0.3 is 0 Å². The van der Waals surface area contributed by atoms with Gasteiger partial charge in [0, 0.05) is 6.54 Å². The molecule has 2 saturated heterocycles. The number of β-amino-alcohol motifs (C(OH)–C–C–N with tert-alkyl or cyclic N) is 1. The smallest absolute Gasteiger partial charge is 0.207 e. The highest BCUT2D eigenvalue weighted by atomic mass is 16.6. The van der Waals surface area contributed by atoms with E-state index in [0.717, 1.165) is 25.9 Å². The van der Waals surface area contributed by atoms with Gasteiger partial charge in [0.1, 0.15) is 18.3 Å². The van der Waals surface area contributed by atoms with Crippen LogP contribution in [0.15, 0.2) is 0 Å². The van der Waals surface area contributed by atoms with E-state index in [1.807, 2.05) is 0 Å². The summed E-state index contributed by atoms with van der Waals surface area (Å²) in [5.41, 5.74) is 0. The van der Waals surface area contributed by atoms with Gasteiger partial charge in [-0.15, -0.1) is 0 Å². The van der Waals surface area contributed by atoms with E-state index in [2.05, 4.69) is 18.7 Å². The highest BCUT2D eigenvalue weighted by Gasteiger charge is 2.49. The lowest BCUT2D eigenvalue weighted by molar-refractivity contribution is -0.324. The minimum atomic E-state index is -1.80. The lowest BCUT2D eigenvalue weighted by Crippen LogP contribution is -2.64. The van der Waals surface area contributed by atoms with Crippen molar-refractivity contribution in [3.05, 3.63) is 0 Å². The Bertz CT molecular complexity index is 327. The zero-order chi connectivity index (χ0) is 14.9.